The minimum absolute atomic E-state index is 0.0549. The lowest BCUT2D eigenvalue weighted by Crippen LogP contribution is -2.40. The quantitative estimate of drug-likeness (QED) is 0.265. The van der Waals surface area contributed by atoms with Gasteiger partial charge in [-0.25, -0.2) is 9.93 Å². The van der Waals surface area contributed by atoms with E-state index in [2.05, 4.69) is 31.5 Å². The molecule has 0 amide bonds. The molecule has 0 saturated carbocycles. The number of rotatable bonds is 8. The smallest absolute Gasteiger partial charge is 0.257 e. The molecule has 10 nitrogen and oxygen atoms in total. The predicted octanol–water partition coefficient (Wildman–Crippen LogP) is 4.51. The van der Waals surface area contributed by atoms with Gasteiger partial charge in [-0.05, 0) is 42.5 Å². The zero-order valence-electron chi connectivity index (χ0n) is 18.9. The first-order valence-electron chi connectivity index (χ1n) is 10.7. The third kappa shape index (κ3) is 5.27. The van der Waals surface area contributed by atoms with Crippen LogP contribution in [-0.4, -0.2) is 33.8 Å². The third-order valence-electron chi connectivity index (χ3n) is 4.99. The van der Waals surface area contributed by atoms with E-state index in [1.807, 2.05) is 30.3 Å². The molecule has 0 radical (unpaired) electrons. The number of halogens is 2. The van der Waals surface area contributed by atoms with E-state index in [4.69, 9.17) is 25.6 Å². The molecule has 36 heavy (non-hydrogen) atoms. The maximum Gasteiger partial charge on any atom is 0.257 e. The molecule has 0 unspecified atom stereocenters. The molecule has 2 heterocycles. The van der Waals surface area contributed by atoms with Crippen molar-refractivity contribution in [3.63, 3.8) is 0 Å². The van der Waals surface area contributed by atoms with Gasteiger partial charge in [-0.3, -0.25) is 5.01 Å². The van der Waals surface area contributed by atoms with E-state index in [1.54, 1.807) is 30.3 Å². The number of likely N-dealkylation sites (N-methyl/N-ethyl adjacent to an activating group) is 1. The van der Waals surface area contributed by atoms with E-state index in [1.165, 1.54) is 24.3 Å². The Balaban J connectivity index is 1.27. The summed E-state index contributed by atoms with van der Waals surface area (Å²) in [6, 6.07) is 20.2. The average Bonchev–Trinajstić information content (AvgIpc) is 3.54. The van der Waals surface area contributed by atoms with Crippen molar-refractivity contribution < 1.29 is 18.4 Å². The number of oxime groups is 1. The highest BCUT2D eigenvalue weighted by atomic mass is 35.5. The Morgan fingerprint density at radius 2 is 1.89 bits per heavy atom. The van der Waals surface area contributed by atoms with Gasteiger partial charge in [0.05, 0.1) is 5.02 Å². The zero-order valence-corrected chi connectivity index (χ0v) is 19.6. The highest BCUT2D eigenvalue weighted by Crippen LogP contribution is 2.33. The summed E-state index contributed by atoms with van der Waals surface area (Å²) >= 11 is 6.36. The molecule has 0 bridgehead atoms. The van der Waals surface area contributed by atoms with Crippen molar-refractivity contribution in [3.8, 4) is 23.0 Å². The van der Waals surface area contributed by atoms with E-state index >= 15 is 0 Å². The number of hydrazone groups is 1. The Morgan fingerprint density at radius 1 is 1.08 bits per heavy atom. The fraction of sp³-hybridized carbons (Fsp3) is 0.0833. The SMILES string of the molecule is CN1NNN=C1/C(=N\OCc1nnc(-c2ccc(Oc3ccc(F)cc3)c(Cl)c2)o1)c1ccccc1. The van der Waals surface area contributed by atoms with Crippen molar-refractivity contribution in [2.45, 2.75) is 6.61 Å². The lowest BCUT2D eigenvalue weighted by atomic mass is 10.1. The number of hydrogen-bond donors (Lipinski definition) is 2. The number of ether oxygens (including phenoxy) is 1. The molecule has 0 spiro atoms. The number of amidine groups is 1. The highest BCUT2D eigenvalue weighted by Gasteiger charge is 2.21. The second-order valence-corrected chi connectivity index (χ2v) is 7.91. The maximum absolute atomic E-state index is 13.1. The summed E-state index contributed by atoms with van der Waals surface area (Å²) in [7, 11) is 1.79. The van der Waals surface area contributed by atoms with E-state index in [0.29, 0.717) is 33.6 Å². The summed E-state index contributed by atoms with van der Waals surface area (Å²) in [5.41, 5.74) is 7.44. The molecule has 1 aromatic heterocycles. The molecule has 3 aromatic carbocycles. The van der Waals surface area contributed by atoms with E-state index < -0.39 is 0 Å². The summed E-state index contributed by atoms with van der Waals surface area (Å²) in [5.74, 6) is 1.54. The molecule has 0 atom stereocenters. The number of nitrogens with one attached hydrogen (secondary N) is 2. The van der Waals surface area contributed by atoms with E-state index in [0.717, 1.165) is 5.56 Å². The fourth-order valence-corrected chi connectivity index (χ4v) is 3.46. The molecule has 2 N–H and O–H groups in total. The van der Waals surface area contributed by atoms with Crippen molar-refractivity contribution in [1.29, 1.82) is 0 Å². The maximum atomic E-state index is 13.1. The summed E-state index contributed by atoms with van der Waals surface area (Å²) in [5, 5.41) is 18.5. The Morgan fingerprint density at radius 3 is 2.61 bits per heavy atom. The van der Waals surface area contributed by atoms with Gasteiger partial charge in [0.1, 0.15) is 17.3 Å². The number of aromatic nitrogens is 2. The van der Waals surface area contributed by atoms with Gasteiger partial charge < -0.3 is 14.0 Å². The number of nitrogens with zero attached hydrogens (tertiary/aromatic N) is 5. The normalized spacial score (nSPS) is 13.4. The van der Waals surface area contributed by atoms with Gasteiger partial charge in [0.15, 0.2) is 18.2 Å². The van der Waals surface area contributed by atoms with E-state index in [-0.39, 0.29) is 24.2 Å². The molecule has 4 aromatic rings. The molecule has 5 rings (SSSR count). The molecule has 12 heteroatoms. The van der Waals surface area contributed by atoms with Crippen molar-refractivity contribution in [3.05, 3.63) is 95.1 Å². The minimum atomic E-state index is -0.351. The van der Waals surface area contributed by atoms with Crippen LogP contribution in [0.1, 0.15) is 11.5 Å². The van der Waals surface area contributed by atoms with Crippen LogP contribution in [-0.2, 0) is 11.4 Å². The molecular formula is C24H19ClFN7O3. The van der Waals surface area contributed by atoms with Crippen molar-refractivity contribution in [2.75, 3.05) is 7.05 Å². The zero-order chi connectivity index (χ0) is 24.9. The van der Waals surface area contributed by atoms with Gasteiger partial charge in [-0.1, -0.05) is 47.1 Å². The topological polar surface area (TPSA) is 109 Å². The van der Waals surface area contributed by atoms with Gasteiger partial charge in [-0.2, -0.15) is 0 Å². The number of benzene rings is 3. The highest BCUT2D eigenvalue weighted by molar-refractivity contribution is 6.47. The van der Waals surface area contributed by atoms with Crippen LogP contribution >= 0.6 is 11.6 Å². The standard InChI is InChI=1S/C24H19ClFN7O3/c1-33-23(28-31-32-33)22(15-5-3-2-4-6-15)30-34-14-21-27-29-24(36-21)16-7-12-20(19(25)13-16)35-18-10-8-17(26)9-11-18/h2-13,31-32H,14H2,1H3/b30-22-. The summed E-state index contributed by atoms with van der Waals surface area (Å²) in [6.07, 6.45) is 0. The Kier molecular flexibility index (Phi) is 6.74. The van der Waals surface area contributed by atoms with Crippen molar-refractivity contribution >= 4 is 23.1 Å². The van der Waals surface area contributed by atoms with Crippen LogP contribution in [0.2, 0.25) is 5.02 Å². The summed E-state index contributed by atoms with van der Waals surface area (Å²) < 4.78 is 24.5. The largest absolute Gasteiger partial charge is 0.456 e. The van der Waals surface area contributed by atoms with Gasteiger partial charge in [0, 0.05) is 18.2 Å². The van der Waals surface area contributed by atoms with Crippen LogP contribution in [0.4, 0.5) is 4.39 Å². The van der Waals surface area contributed by atoms with Crippen LogP contribution < -0.4 is 15.8 Å². The van der Waals surface area contributed by atoms with Gasteiger partial charge in [-0.15, -0.1) is 20.8 Å². The molecular weight excluding hydrogens is 489 g/mol. The summed E-state index contributed by atoms with van der Waals surface area (Å²) in [6.45, 7) is -0.0549. The first kappa shape index (κ1) is 23.3. The van der Waals surface area contributed by atoms with Crippen molar-refractivity contribution in [2.24, 2.45) is 10.3 Å². The molecule has 1 aliphatic rings. The van der Waals surface area contributed by atoms with E-state index in [9.17, 15) is 4.39 Å². The first-order valence-corrected chi connectivity index (χ1v) is 11.1. The minimum Gasteiger partial charge on any atom is -0.456 e. The number of hydrazine groups is 2. The summed E-state index contributed by atoms with van der Waals surface area (Å²) in [4.78, 5) is 5.52. The Labute approximate surface area is 209 Å². The van der Waals surface area contributed by atoms with Crippen molar-refractivity contribution in [1.82, 2.24) is 26.3 Å². The van der Waals surface area contributed by atoms with Crippen LogP contribution in [0, 0.1) is 5.82 Å². The molecule has 0 fully saturated rings. The lowest BCUT2D eigenvalue weighted by Gasteiger charge is -2.13. The van der Waals surface area contributed by atoms with Gasteiger partial charge >= 0.3 is 0 Å². The van der Waals surface area contributed by atoms with Gasteiger partial charge in [0.25, 0.3) is 5.89 Å². The van der Waals surface area contributed by atoms with Gasteiger partial charge in [0.2, 0.25) is 5.89 Å². The van der Waals surface area contributed by atoms with Crippen LogP contribution in [0.15, 0.2) is 87.5 Å². The number of hydrogen-bond acceptors (Lipinski definition) is 10. The Bertz CT molecular complexity index is 1410. The third-order valence-corrected chi connectivity index (χ3v) is 5.28. The monoisotopic (exact) mass is 507 g/mol. The second kappa shape index (κ2) is 10.4. The molecule has 0 aliphatic carbocycles. The second-order valence-electron chi connectivity index (χ2n) is 7.50. The van der Waals surface area contributed by atoms with Crippen LogP contribution in [0.5, 0.6) is 11.5 Å². The average molecular weight is 508 g/mol. The molecule has 1 aliphatic heterocycles. The predicted molar refractivity (Wildman–Crippen MR) is 130 cm³/mol. The first-order chi connectivity index (χ1) is 17.6. The van der Waals surface area contributed by atoms with Crippen LogP contribution in [0.25, 0.3) is 11.5 Å². The lowest BCUT2D eigenvalue weighted by molar-refractivity contribution is 0.112. The Hall–Kier alpha value is -4.48. The fourth-order valence-electron chi connectivity index (χ4n) is 3.24. The molecule has 0 saturated heterocycles. The molecule has 182 valence electrons. The van der Waals surface area contributed by atoms with Crippen LogP contribution in [0.3, 0.4) is 0 Å².